The Labute approximate surface area is 124 Å². The molecule has 0 aromatic heterocycles. The van der Waals surface area contributed by atoms with Gasteiger partial charge in [0.05, 0.1) is 12.2 Å². The van der Waals surface area contributed by atoms with Crippen molar-refractivity contribution in [2.24, 2.45) is 0 Å². The second-order valence-electron chi connectivity index (χ2n) is 4.81. The van der Waals surface area contributed by atoms with Crippen molar-refractivity contribution < 1.29 is 17.6 Å². The number of carbonyl (C=O) groups excluding carboxylic acids is 1. The first-order valence-corrected chi connectivity index (χ1v) is 7.89. The molecule has 8 heteroatoms. The van der Waals surface area contributed by atoms with Gasteiger partial charge >= 0.3 is 0 Å². The summed E-state index contributed by atoms with van der Waals surface area (Å²) in [6.07, 6.45) is 0.523. The topological polar surface area (TPSA) is 83.7 Å². The predicted molar refractivity (Wildman–Crippen MR) is 78.6 cm³/mol. The zero-order valence-electron chi connectivity index (χ0n) is 12.3. The Morgan fingerprint density at radius 3 is 2.48 bits per heavy atom. The molecule has 118 valence electrons. The largest absolute Gasteiger partial charge is 0.398 e. The molecule has 0 unspecified atom stereocenters. The number of anilines is 1. The lowest BCUT2D eigenvalue weighted by Crippen LogP contribution is -2.40. The van der Waals surface area contributed by atoms with Crippen LogP contribution in [0.5, 0.6) is 0 Å². The van der Waals surface area contributed by atoms with E-state index < -0.39 is 15.8 Å². The van der Waals surface area contributed by atoms with E-state index in [1.165, 1.54) is 25.1 Å². The molecular formula is C13H20FN3O3S. The molecular weight excluding hydrogens is 297 g/mol. The van der Waals surface area contributed by atoms with Gasteiger partial charge in [0.1, 0.15) is 10.7 Å². The van der Waals surface area contributed by atoms with Gasteiger partial charge in [0.15, 0.2) is 0 Å². The monoisotopic (exact) mass is 317 g/mol. The first-order chi connectivity index (χ1) is 9.70. The number of nitrogens with two attached hydrogens (primary N) is 1. The van der Waals surface area contributed by atoms with Gasteiger partial charge in [-0.05, 0) is 24.6 Å². The normalized spacial score (nSPS) is 11.7. The van der Waals surface area contributed by atoms with E-state index >= 15 is 0 Å². The number of nitrogens with zero attached hydrogens (tertiary/aromatic N) is 2. The molecule has 0 aliphatic carbocycles. The molecule has 0 heterocycles. The van der Waals surface area contributed by atoms with Crippen molar-refractivity contribution >= 4 is 21.6 Å². The van der Waals surface area contributed by atoms with Crippen LogP contribution in [0.2, 0.25) is 0 Å². The molecule has 6 nitrogen and oxygen atoms in total. The SMILES string of the molecule is CCCN(CC(=O)N(C)C)S(=O)(=O)c1cc(F)ccc1N. The summed E-state index contributed by atoms with van der Waals surface area (Å²) in [5.41, 5.74) is 5.59. The van der Waals surface area contributed by atoms with Gasteiger partial charge in [0, 0.05) is 20.6 Å². The third kappa shape index (κ3) is 4.15. The van der Waals surface area contributed by atoms with Crippen LogP contribution in [0, 0.1) is 5.82 Å². The Morgan fingerprint density at radius 2 is 1.95 bits per heavy atom. The molecule has 1 rings (SSSR count). The maximum absolute atomic E-state index is 13.3. The highest BCUT2D eigenvalue weighted by Gasteiger charge is 2.28. The Hall–Kier alpha value is -1.67. The van der Waals surface area contributed by atoms with Gasteiger partial charge in [-0.2, -0.15) is 4.31 Å². The summed E-state index contributed by atoms with van der Waals surface area (Å²) < 4.78 is 39.4. The number of sulfonamides is 1. The van der Waals surface area contributed by atoms with E-state index in [1.54, 1.807) is 6.92 Å². The van der Waals surface area contributed by atoms with Crippen molar-refractivity contribution in [3.05, 3.63) is 24.0 Å². The molecule has 0 aliphatic rings. The summed E-state index contributed by atoms with van der Waals surface area (Å²) >= 11 is 0. The van der Waals surface area contributed by atoms with Gasteiger partial charge in [-0.25, -0.2) is 12.8 Å². The number of carbonyl (C=O) groups is 1. The molecule has 2 N–H and O–H groups in total. The lowest BCUT2D eigenvalue weighted by molar-refractivity contribution is -0.128. The number of hydrogen-bond acceptors (Lipinski definition) is 4. The molecule has 21 heavy (non-hydrogen) atoms. The lowest BCUT2D eigenvalue weighted by Gasteiger charge is -2.23. The van der Waals surface area contributed by atoms with Crippen molar-refractivity contribution in [3.63, 3.8) is 0 Å². The number of halogens is 1. The average Bonchev–Trinajstić information content (AvgIpc) is 2.40. The number of nitrogen functional groups attached to an aromatic ring is 1. The van der Waals surface area contributed by atoms with Crippen molar-refractivity contribution in [2.75, 3.05) is 32.9 Å². The fourth-order valence-electron chi connectivity index (χ4n) is 1.70. The smallest absolute Gasteiger partial charge is 0.245 e. The third-order valence-electron chi connectivity index (χ3n) is 2.88. The van der Waals surface area contributed by atoms with E-state index in [1.807, 2.05) is 0 Å². The summed E-state index contributed by atoms with van der Waals surface area (Å²) in [6, 6.07) is 3.15. The number of amides is 1. The zero-order valence-corrected chi connectivity index (χ0v) is 13.2. The molecule has 0 saturated carbocycles. The summed E-state index contributed by atoms with van der Waals surface area (Å²) in [7, 11) is -0.949. The first-order valence-electron chi connectivity index (χ1n) is 6.45. The molecule has 1 amide bonds. The minimum absolute atomic E-state index is 0.0465. The summed E-state index contributed by atoms with van der Waals surface area (Å²) in [5.74, 6) is -1.06. The number of hydrogen-bond donors (Lipinski definition) is 1. The van der Waals surface area contributed by atoms with Crippen LogP contribution in [-0.4, -0.2) is 50.7 Å². The first kappa shape index (κ1) is 17.4. The van der Waals surface area contributed by atoms with E-state index in [0.717, 1.165) is 16.4 Å². The average molecular weight is 317 g/mol. The Kier molecular flexibility index (Phi) is 5.68. The quantitative estimate of drug-likeness (QED) is 0.790. The van der Waals surface area contributed by atoms with Gasteiger partial charge in [-0.1, -0.05) is 6.92 Å². The van der Waals surface area contributed by atoms with E-state index in [0.29, 0.717) is 6.42 Å². The van der Waals surface area contributed by atoms with Crippen molar-refractivity contribution in [3.8, 4) is 0 Å². The zero-order chi connectivity index (χ0) is 16.2. The number of rotatable bonds is 6. The Balaban J connectivity index is 3.21. The molecule has 0 radical (unpaired) electrons. The highest BCUT2D eigenvalue weighted by Crippen LogP contribution is 2.23. The Bertz CT molecular complexity index is 617. The van der Waals surface area contributed by atoms with Crippen LogP contribution in [0.25, 0.3) is 0 Å². The molecule has 0 fully saturated rings. The van der Waals surface area contributed by atoms with E-state index in [-0.39, 0.29) is 29.6 Å². The van der Waals surface area contributed by atoms with Crippen LogP contribution in [0.3, 0.4) is 0 Å². The van der Waals surface area contributed by atoms with E-state index in [2.05, 4.69) is 0 Å². The minimum atomic E-state index is -4.02. The van der Waals surface area contributed by atoms with Crippen molar-refractivity contribution in [1.29, 1.82) is 0 Å². The third-order valence-corrected chi connectivity index (χ3v) is 4.78. The maximum atomic E-state index is 13.3. The van der Waals surface area contributed by atoms with Gasteiger partial charge in [-0.3, -0.25) is 4.79 Å². The van der Waals surface area contributed by atoms with Crippen LogP contribution in [-0.2, 0) is 14.8 Å². The fraction of sp³-hybridized carbons (Fsp3) is 0.462. The van der Waals surface area contributed by atoms with Gasteiger partial charge in [0.2, 0.25) is 15.9 Å². The molecule has 0 spiro atoms. The standard InChI is InChI=1S/C13H20FN3O3S/c1-4-7-17(9-13(18)16(2)3)21(19,20)12-8-10(14)5-6-11(12)15/h5-6,8H,4,7,9,15H2,1-3H3. The molecule has 0 saturated heterocycles. The lowest BCUT2D eigenvalue weighted by atomic mass is 10.3. The van der Waals surface area contributed by atoms with Crippen LogP contribution in [0.4, 0.5) is 10.1 Å². The fourth-order valence-corrected chi connectivity index (χ4v) is 3.31. The second kappa shape index (κ2) is 6.86. The highest BCUT2D eigenvalue weighted by molar-refractivity contribution is 7.89. The second-order valence-corrected chi connectivity index (χ2v) is 6.72. The van der Waals surface area contributed by atoms with Crippen molar-refractivity contribution in [1.82, 2.24) is 9.21 Å². The van der Waals surface area contributed by atoms with Crippen LogP contribution < -0.4 is 5.73 Å². The van der Waals surface area contributed by atoms with Crippen LogP contribution in [0.15, 0.2) is 23.1 Å². The molecule has 1 aromatic carbocycles. The number of benzene rings is 1. The maximum Gasteiger partial charge on any atom is 0.245 e. The van der Waals surface area contributed by atoms with Crippen LogP contribution >= 0.6 is 0 Å². The summed E-state index contributed by atoms with van der Waals surface area (Å²) in [5, 5.41) is 0. The summed E-state index contributed by atoms with van der Waals surface area (Å²) in [6.45, 7) is 1.63. The molecule has 0 atom stereocenters. The van der Waals surface area contributed by atoms with Gasteiger partial charge < -0.3 is 10.6 Å². The van der Waals surface area contributed by atoms with E-state index in [9.17, 15) is 17.6 Å². The highest BCUT2D eigenvalue weighted by atomic mass is 32.2. The Morgan fingerprint density at radius 1 is 1.33 bits per heavy atom. The van der Waals surface area contributed by atoms with E-state index in [4.69, 9.17) is 5.73 Å². The molecule has 0 bridgehead atoms. The van der Waals surface area contributed by atoms with Gasteiger partial charge in [-0.15, -0.1) is 0 Å². The summed E-state index contributed by atoms with van der Waals surface area (Å²) in [4.78, 5) is 12.8. The van der Waals surface area contributed by atoms with Crippen LogP contribution in [0.1, 0.15) is 13.3 Å². The molecule has 0 aliphatic heterocycles. The van der Waals surface area contributed by atoms with Crippen molar-refractivity contribution in [2.45, 2.75) is 18.2 Å². The molecule has 1 aromatic rings. The van der Waals surface area contributed by atoms with Gasteiger partial charge in [0.25, 0.3) is 0 Å². The number of likely N-dealkylation sites (N-methyl/N-ethyl adjacent to an activating group) is 1. The minimum Gasteiger partial charge on any atom is -0.398 e. The predicted octanol–water partition coefficient (Wildman–Crippen LogP) is 0.897.